The summed E-state index contributed by atoms with van der Waals surface area (Å²) in [6, 6.07) is 0.118. The lowest BCUT2D eigenvalue weighted by atomic mass is 10.2. The van der Waals surface area contributed by atoms with Gasteiger partial charge >= 0.3 is 0 Å². The third-order valence-electron chi connectivity index (χ3n) is 2.01. The van der Waals surface area contributed by atoms with Crippen molar-refractivity contribution in [3.63, 3.8) is 0 Å². The van der Waals surface area contributed by atoms with Crippen LogP contribution in [0, 0.1) is 0 Å². The molecule has 0 radical (unpaired) electrons. The van der Waals surface area contributed by atoms with E-state index in [9.17, 15) is 0 Å². The third-order valence-corrected chi connectivity index (χ3v) is 3.03. The van der Waals surface area contributed by atoms with Crippen LogP contribution in [0.4, 0.5) is 0 Å². The summed E-state index contributed by atoms with van der Waals surface area (Å²) in [5.41, 5.74) is 2.74. The number of hydrogen-bond donors (Lipinski definition) is 2. The van der Waals surface area contributed by atoms with Crippen LogP contribution in [0.3, 0.4) is 0 Å². The van der Waals surface area contributed by atoms with Gasteiger partial charge in [-0.1, -0.05) is 0 Å². The molecule has 1 aliphatic rings. The molecule has 0 aromatic rings. The number of hydrazine groups is 1. The Bertz CT molecular complexity index is 131. The Morgan fingerprint density at radius 1 is 1.77 bits per heavy atom. The largest absolute Gasteiger partial charge is 0.380 e. The topological polar surface area (TPSA) is 56.5 Å². The molecule has 1 heterocycles. The van der Waals surface area contributed by atoms with Crippen LogP contribution in [0.25, 0.3) is 0 Å². The molecule has 1 rings (SSSR count). The first-order chi connectivity index (χ1) is 6.38. The van der Waals surface area contributed by atoms with E-state index in [2.05, 4.69) is 5.43 Å². The molecule has 5 heteroatoms. The number of rotatable bonds is 5. The Hall–Kier alpha value is 0.190. The summed E-state index contributed by atoms with van der Waals surface area (Å²) in [5.74, 6) is 7.51. The molecule has 0 bridgehead atoms. The summed E-state index contributed by atoms with van der Waals surface area (Å²) in [6.07, 6.45) is 0.190. The van der Waals surface area contributed by atoms with Gasteiger partial charge in [-0.25, -0.2) is 0 Å². The van der Waals surface area contributed by atoms with Crippen LogP contribution in [0.15, 0.2) is 0 Å². The Kier molecular flexibility index (Phi) is 5.73. The molecule has 1 aliphatic heterocycles. The van der Waals surface area contributed by atoms with E-state index in [4.69, 9.17) is 15.3 Å². The molecule has 0 aromatic carbocycles. The van der Waals surface area contributed by atoms with Crippen LogP contribution in [-0.4, -0.2) is 43.5 Å². The van der Waals surface area contributed by atoms with Crippen molar-refractivity contribution in [1.82, 2.24) is 5.43 Å². The van der Waals surface area contributed by atoms with E-state index in [-0.39, 0.29) is 12.1 Å². The highest BCUT2D eigenvalue weighted by Gasteiger charge is 2.23. The van der Waals surface area contributed by atoms with E-state index in [1.807, 2.05) is 18.7 Å². The summed E-state index contributed by atoms with van der Waals surface area (Å²) in [6.45, 7) is 4.14. The van der Waals surface area contributed by atoms with Crippen molar-refractivity contribution in [2.45, 2.75) is 19.1 Å². The summed E-state index contributed by atoms with van der Waals surface area (Å²) < 4.78 is 10.9. The Morgan fingerprint density at radius 3 is 3.15 bits per heavy atom. The van der Waals surface area contributed by atoms with Crippen LogP contribution in [0.5, 0.6) is 0 Å². The maximum Gasteiger partial charge on any atom is 0.0854 e. The van der Waals surface area contributed by atoms with E-state index in [0.29, 0.717) is 6.61 Å². The molecule has 3 N–H and O–H groups in total. The van der Waals surface area contributed by atoms with Gasteiger partial charge in [0.05, 0.1) is 25.4 Å². The van der Waals surface area contributed by atoms with Crippen LogP contribution in [0.1, 0.15) is 6.92 Å². The monoisotopic (exact) mass is 206 g/mol. The van der Waals surface area contributed by atoms with Gasteiger partial charge in [0, 0.05) is 18.1 Å². The first kappa shape index (κ1) is 11.3. The molecule has 2 atom stereocenters. The lowest BCUT2D eigenvalue weighted by Crippen LogP contribution is -2.50. The van der Waals surface area contributed by atoms with Crippen molar-refractivity contribution in [3.8, 4) is 0 Å². The average molecular weight is 206 g/mol. The third kappa shape index (κ3) is 3.83. The highest BCUT2D eigenvalue weighted by Crippen LogP contribution is 2.15. The second kappa shape index (κ2) is 6.62. The van der Waals surface area contributed by atoms with Gasteiger partial charge in [0.2, 0.25) is 0 Å². The first-order valence-corrected chi connectivity index (χ1v) is 5.77. The molecule has 1 fully saturated rings. The van der Waals surface area contributed by atoms with Crippen molar-refractivity contribution in [2.24, 2.45) is 5.84 Å². The Labute approximate surface area is 83.5 Å². The number of ether oxygens (including phenoxy) is 2. The first-order valence-electron chi connectivity index (χ1n) is 4.61. The predicted molar refractivity (Wildman–Crippen MR) is 54.7 cm³/mol. The molecule has 0 amide bonds. The van der Waals surface area contributed by atoms with E-state index >= 15 is 0 Å². The Balaban J connectivity index is 2.26. The fraction of sp³-hybridized carbons (Fsp3) is 1.00. The SMILES string of the molecule is CCOCC(NN)C1CSCCO1. The quantitative estimate of drug-likeness (QED) is 0.489. The molecule has 4 nitrogen and oxygen atoms in total. The highest BCUT2D eigenvalue weighted by atomic mass is 32.2. The molecular weight excluding hydrogens is 188 g/mol. The van der Waals surface area contributed by atoms with Crippen LogP contribution >= 0.6 is 11.8 Å². The smallest absolute Gasteiger partial charge is 0.0854 e. The van der Waals surface area contributed by atoms with Gasteiger partial charge in [-0.3, -0.25) is 11.3 Å². The van der Waals surface area contributed by atoms with Gasteiger partial charge in [0.15, 0.2) is 0 Å². The van der Waals surface area contributed by atoms with Crippen molar-refractivity contribution in [3.05, 3.63) is 0 Å². The van der Waals surface area contributed by atoms with Gasteiger partial charge < -0.3 is 9.47 Å². The fourth-order valence-electron chi connectivity index (χ4n) is 1.25. The van der Waals surface area contributed by atoms with Gasteiger partial charge in [-0.15, -0.1) is 0 Å². The fourth-order valence-corrected chi connectivity index (χ4v) is 2.19. The molecule has 0 aliphatic carbocycles. The molecule has 1 saturated heterocycles. The number of nitrogens with two attached hydrogens (primary N) is 1. The summed E-state index contributed by atoms with van der Waals surface area (Å²) in [5, 5.41) is 0. The van der Waals surface area contributed by atoms with Crippen LogP contribution in [0.2, 0.25) is 0 Å². The summed E-state index contributed by atoms with van der Waals surface area (Å²) in [7, 11) is 0. The lowest BCUT2D eigenvalue weighted by Gasteiger charge is -2.29. The minimum absolute atomic E-state index is 0.118. The van der Waals surface area contributed by atoms with Gasteiger partial charge in [0.1, 0.15) is 0 Å². The molecule has 0 saturated carbocycles. The van der Waals surface area contributed by atoms with Gasteiger partial charge in [-0.05, 0) is 6.92 Å². The molecule has 13 heavy (non-hydrogen) atoms. The minimum Gasteiger partial charge on any atom is -0.380 e. The van der Waals surface area contributed by atoms with E-state index in [0.717, 1.165) is 24.7 Å². The van der Waals surface area contributed by atoms with Crippen LogP contribution in [-0.2, 0) is 9.47 Å². The molecule has 0 aromatic heterocycles. The van der Waals surface area contributed by atoms with E-state index < -0.39 is 0 Å². The molecule has 2 unspecified atom stereocenters. The zero-order valence-electron chi connectivity index (χ0n) is 7.99. The number of thioether (sulfide) groups is 1. The number of hydrogen-bond acceptors (Lipinski definition) is 5. The van der Waals surface area contributed by atoms with Gasteiger partial charge in [-0.2, -0.15) is 11.8 Å². The van der Waals surface area contributed by atoms with E-state index in [1.54, 1.807) is 0 Å². The predicted octanol–water partition coefficient (Wildman–Crippen LogP) is -0.0132. The second-order valence-corrected chi connectivity index (χ2v) is 4.07. The standard InChI is InChI=1S/C8H18N2O2S/c1-2-11-5-7(10-9)8-6-13-4-3-12-8/h7-8,10H,2-6,9H2,1H3. The Morgan fingerprint density at radius 2 is 2.62 bits per heavy atom. The molecule has 78 valence electrons. The number of nitrogens with one attached hydrogen (secondary N) is 1. The minimum atomic E-state index is 0.118. The zero-order chi connectivity index (χ0) is 9.52. The summed E-state index contributed by atoms with van der Waals surface area (Å²) >= 11 is 1.90. The summed E-state index contributed by atoms with van der Waals surface area (Å²) in [4.78, 5) is 0. The van der Waals surface area contributed by atoms with Crippen molar-refractivity contribution >= 4 is 11.8 Å². The van der Waals surface area contributed by atoms with Crippen molar-refractivity contribution in [1.29, 1.82) is 0 Å². The van der Waals surface area contributed by atoms with Gasteiger partial charge in [0.25, 0.3) is 0 Å². The normalized spacial score (nSPS) is 25.8. The van der Waals surface area contributed by atoms with Crippen molar-refractivity contribution < 1.29 is 9.47 Å². The average Bonchev–Trinajstić information content (AvgIpc) is 2.21. The van der Waals surface area contributed by atoms with Crippen LogP contribution < -0.4 is 11.3 Å². The van der Waals surface area contributed by atoms with Crippen molar-refractivity contribution in [2.75, 3.05) is 31.3 Å². The van der Waals surface area contributed by atoms with E-state index in [1.165, 1.54) is 0 Å². The molecular formula is C8H18N2O2S. The molecule has 0 spiro atoms. The maximum absolute atomic E-state index is 5.58. The zero-order valence-corrected chi connectivity index (χ0v) is 8.81. The lowest BCUT2D eigenvalue weighted by molar-refractivity contribution is 0.0125. The second-order valence-electron chi connectivity index (χ2n) is 2.92. The maximum atomic E-state index is 5.58. The highest BCUT2D eigenvalue weighted by molar-refractivity contribution is 7.99.